The molecule has 0 aromatic carbocycles. The first-order valence-electron chi connectivity index (χ1n) is 7.17. The van der Waals surface area contributed by atoms with Crippen LogP contribution in [0.1, 0.15) is 58.3 Å². The number of rotatable bonds is 5. The summed E-state index contributed by atoms with van der Waals surface area (Å²) < 4.78 is 0. The van der Waals surface area contributed by atoms with Crippen LogP contribution in [0.2, 0.25) is 0 Å². The van der Waals surface area contributed by atoms with Gasteiger partial charge in [-0.2, -0.15) is 0 Å². The van der Waals surface area contributed by atoms with Gasteiger partial charge in [-0.1, -0.05) is 39.0 Å². The minimum atomic E-state index is 0.710. The molecular formula is C14H30N2. The van der Waals surface area contributed by atoms with Crippen molar-refractivity contribution in [2.75, 3.05) is 20.6 Å². The summed E-state index contributed by atoms with van der Waals surface area (Å²) in [7, 11) is 4.44. The van der Waals surface area contributed by atoms with Crippen molar-refractivity contribution in [3.8, 4) is 0 Å². The number of nitrogens with zero attached hydrogens (tertiary/aromatic N) is 1. The fourth-order valence-electron chi connectivity index (χ4n) is 2.90. The summed E-state index contributed by atoms with van der Waals surface area (Å²) in [6, 6.07) is 1.47. The molecule has 0 aromatic rings. The normalized spacial score (nSPS) is 27.8. The number of unbranched alkanes of at least 4 members (excludes halogenated alkanes) is 1. The fraction of sp³-hybridized carbons (Fsp3) is 1.00. The molecule has 2 heteroatoms. The molecule has 0 aromatic heterocycles. The van der Waals surface area contributed by atoms with Crippen LogP contribution in [0.5, 0.6) is 0 Å². The molecule has 1 aliphatic rings. The van der Waals surface area contributed by atoms with Crippen LogP contribution in [0, 0.1) is 0 Å². The van der Waals surface area contributed by atoms with Crippen LogP contribution >= 0.6 is 0 Å². The van der Waals surface area contributed by atoms with Gasteiger partial charge >= 0.3 is 0 Å². The van der Waals surface area contributed by atoms with E-state index in [2.05, 4.69) is 31.2 Å². The topological polar surface area (TPSA) is 15.3 Å². The monoisotopic (exact) mass is 226 g/mol. The molecule has 1 rings (SSSR count). The summed E-state index contributed by atoms with van der Waals surface area (Å²) in [5, 5.41) is 3.54. The number of nitrogens with one attached hydrogen (secondary N) is 1. The van der Waals surface area contributed by atoms with Crippen LogP contribution < -0.4 is 5.32 Å². The van der Waals surface area contributed by atoms with Gasteiger partial charge in [0.1, 0.15) is 0 Å². The number of hydrogen-bond donors (Lipinski definition) is 1. The predicted molar refractivity (Wildman–Crippen MR) is 71.9 cm³/mol. The summed E-state index contributed by atoms with van der Waals surface area (Å²) in [6.45, 7) is 3.54. The van der Waals surface area contributed by atoms with Gasteiger partial charge in [0, 0.05) is 12.1 Å². The van der Waals surface area contributed by atoms with Gasteiger partial charge in [0.25, 0.3) is 0 Å². The van der Waals surface area contributed by atoms with Crippen LogP contribution in [0.3, 0.4) is 0 Å². The Bertz CT molecular complexity index is 170. The average molecular weight is 226 g/mol. The Kier molecular flexibility index (Phi) is 7.06. The first kappa shape index (κ1) is 14.0. The minimum absolute atomic E-state index is 0.710. The Hall–Kier alpha value is -0.0800. The van der Waals surface area contributed by atoms with Crippen LogP contribution in [-0.2, 0) is 0 Å². The van der Waals surface area contributed by atoms with Gasteiger partial charge < -0.3 is 10.2 Å². The maximum absolute atomic E-state index is 3.54. The van der Waals surface area contributed by atoms with Crippen molar-refractivity contribution in [2.24, 2.45) is 0 Å². The zero-order valence-electron chi connectivity index (χ0n) is 11.5. The van der Waals surface area contributed by atoms with Gasteiger partial charge in [-0.25, -0.2) is 0 Å². The lowest BCUT2D eigenvalue weighted by atomic mass is 9.91. The molecule has 0 amide bonds. The Balaban J connectivity index is 2.48. The van der Waals surface area contributed by atoms with E-state index in [-0.39, 0.29) is 0 Å². The maximum Gasteiger partial charge on any atom is 0.0246 e. The van der Waals surface area contributed by atoms with Crippen molar-refractivity contribution in [1.82, 2.24) is 10.2 Å². The zero-order valence-corrected chi connectivity index (χ0v) is 11.5. The van der Waals surface area contributed by atoms with Crippen LogP contribution in [0.25, 0.3) is 0 Å². The van der Waals surface area contributed by atoms with Crippen LogP contribution in [0.4, 0.5) is 0 Å². The molecule has 1 aliphatic carbocycles. The third kappa shape index (κ3) is 4.42. The van der Waals surface area contributed by atoms with Gasteiger partial charge in [0.15, 0.2) is 0 Å². The predicted octanol–water partition coefficient (Wildman–Crippen LogP) is 3.03. The molecule has 1 N–H and O–H groups in total. The van der Waals surface area contributed by atoms with Crippen molar-refractivity contribution in [2.45, 2.75) is 70.4 Å². The van der Waals surface area contributed by atoms with Gasteiger partial charge in [-0.05, 0) is 39.9 Å². The molecule has 0 radical (unpaired) electrons. The van der Waals surface area contributed by atoms with E-state index in [9.17, 15) is 0 Å². The third-order valence-electron chi connectivity index (χ3n) is 4.03. The Morgan fingerprint density at radius 1 is 1.12 bits per heavy atom. The molecule has 1 saturated carbocycles. The highest BCUT2D eigenvalue weighted by atomic mass is 15.2. The highest BCUT2D eigenvalue weighted by molar-refractivity contribution is 4.83. The molecule has 0 bridgehead atoms. The van der Waals surface area contributed by atoms with Gasteiger partial charge in [0.05, 0.1) is 0 Å². The highest BCUT2D eigenvalue weighted by Crippen LogP contribution is 2.21. The first-order valence-corrected chi connectivity index (χ1v) is 7.17. The highest BCUT2D eigenvalue weighted by Gasteiger charge is 2.24. The average Bonchev–Trinajstić information content (AvgIpc) is 2.26. The first-order chi connectivity index (χ1) is 7.79. The Morgan fingerprint density at radius 3 is 2.44 bits per heavy atom. The molecule has 16 heavy (non-hydrogen) atoms. The van der Waals surface area contributed by atoms with Crippen LogP contribution in [-0.4, -0.2) is 37.6 Å². The van der Waals surface area contributed by atoms with Crippen molar-refractivity contribution in [3.05, 3.63) is 0 Å². The largest absolute Gasteiger partial charge is 0.315 e. The van der Waals surface area contributed by atoms with Crippen molar-refractivity contribution in [1.29, 1.82) is 0 Å². The SMILES string of the molecule is CCCCN(C)C1CCCCCCC1NC. The molecule has 1 fully saturated rings. The van der Waals surface area contributed by atoms with E-state index in [4.69, 9.17) is 0 Å². The van der Waals surface area contributed by atoms with Crippen molar-refractivity contribution in [3.63, 3.8) is 0 Å². The van der Waals surface area contributed by atoms with Gasteiger partial charge in [0.2, 0.25) is 0 Å². The lowest BCUT2D eigenvalue weighted by molar-refractivity contribution is 0.165. The lowest BCUT2D eigenvalue weighted by Gasteiger charge is -2.36. The van der Waals surface area contributed by atoms with E-state index in [0.717, 1.165) is 6.04 Å². The van der Waals surface area contributed by atoms with Gasteiger partial charge in [-0.3, -0.25) is 0 Å². The molecule has 0 saturated heterocycles. The van der Waals surface area contributed by atoms with E-state index in [1.54, 1.807) is 0 Å². The summed E-state index contributed by atoms with van der Waals surface area (Å²) >= 11 is 0. The summed E-state index contributed by atoms with van der Waals surface area (Å²) in [5.41, 5.74) is 0. The molecule has 2 unspecified atom stereocenters. The molecule has 2 nitrogen and oxygen atoms in total. The van der Waals surface area contributed by atoms with Crippen LogP contribution in [0.15, 0.2) is 0 Å². The summed E-state index contributed by atoms with van der Waals surface area (Å²) in [6.07, 6.45) is 11.1. The smallest absolute Gasteiger partial charge is 0.0246 e. The van der Waals surface area contributed by atoms with Crippen molar-refractivity contribution >= 4 is 0 Å². The zero-order chi connectivity index (χ0) is 11.8. The Morgan fingerprint density at radius 2 is 1.81 bits per heavy atom. The second-order valence-electron chi connectivity index (χ2n) is 5.29. The molecule has 96 valence electrons. The number of likely N-dealkylation sites (N-methyl/N-ethyl adjacent to an activating group) is 2. The van der Waals surface area contributed by atoms with E-state index >= 15 is 0 Å². The van der Waals surface area contributed by atoms with E-state index in [1.165, 1.54) is 57.9 Å². The molecule has 0 spiro atoms. The second kappa shape index (κ2) is 8.08. The van der Waals surface area contributed by atoms with E-state index in [0.29, 0.717) is 6.04 Å². The number of hydrogen-bond acceptors (Lipinski definition) is 2. The third-order valence-corrected chi connectivity index (χ3v) is 4.03. The van der Waals surface area contributed by atoms with Crippen molar-refractivity contribution < 1.29 is 0 Å². The molecule has 0 aliphatic heterocycles. The van der Waals surface area contributed by atoms with Gasteiger partial charge in [-0.15, -0.1) is 0 Å². The molecule has 0 heterocycles. The molecule has 2 atom stereocenters. The quantitative estimate of drug-likeness (QED) is 0.775. The van der Waals surface area contributed by atoms with E-state index < -0.39 is 0 Å². The molecular weight excluding hydrogens is 196 g/mol. The summed E-state index contributed by atoms with van der Waals surface area (Å²) in [4.78, 5) is 2.59. The summed E-state index contributed by atoms with van der Waals surface area (Å²) in [5.74, 6) is 0. The standard InChI is InChI=1S/C14H30N2/c1-4-5-12-16(3)14-11-9-7-6-8-10-13(14)15-2/h13-15H,4-12H2,1-3H3. The lowest BCUT2D eigenvalue weighted by Crippen LogP contribution is -2.48. The second-order valence-corrected chi connectivity index (χ2v) is 5.29. The minimum Gasteiger partial charge on any atom is -0.315 e. The Labute approximate surface area is 102 Å². The fourth-order valence-corrected chi connectivity index (χ4v) is 2.90. The van der Waals surface area contributed by atoms with E-state index in [1.807, 2.05) is 0 Å². The maximum atomic E-state index is 3.54.